The first-order valence-electron chi connectivity index (χ1n) is 6.92. The molecule has 0 aromatic heterocycles. The minimum atomic E-state index is -0.472. The van der Waals surface area contributed by atoms with Crippen molar-refractivity contribution in [3.8, 4) is 0 Å². The molecule has 0 radical (unpaired) electrons. The topological polar surface area (TPSA) is 60.0 Å². The normalized spacial score (nSPS) is 23.2. The van der Waals surface area contributed by atoms with Crippen LogP contribution in [-0.2, 0) is 14.2 Å². The number of nitrogens with one attached hydrogen (secondary N) is 1. The number of ether oxygens (including phenoxy) is 3. The monoisotopic (exact) mass is 261 g/mol. The molecule has 0 spiro atoms. The number of aliphatic hydroxyl groups excluding tert-OH is 1. The molecule has 3 atom stereocenters. The average Bonchev–Trinajstić information content (AvgIpc) is 2.82. The Balaban J connectivity index is 1.91. The Kier molecular flexibility index (Phi) is 8.54. The van der Waals surface area contributed by atoms with Gasteiger partial charge in [0.05, 0.1) is 31.5 Å². The zero-order valence-corrected chi connectivity index (χ0v) is 11.6. The highest BCUT2D eigenvalue weighted by molar-refractivity contribution is 4.65. The highest BCUT2D eigenvalue weighted by Gasteiger charge is 2.16. The molecule has 2 N–H and O–H groups in total. The summed E-state index contributed by atoms with van der Waals surface area (Å²) in [5, 5.41) is 12.9. The van der Waals surface area contributed by atoms with Crippen molar-refractivity contribution in [2.75, 3.05) is 39.5 Å². The second-order valence-corrected chi connectivity index (χ2v) is 4.75. The van der Waals surface area contributed by atoms with E-state index in [2.05, 4.69) is 5.32 Å². The van der Waals surface area contributed by atoms with Gasteiger partial charge in [0.25, 0.3) is 0 Å². The van der Waals surface area contributed by atoms with Crippen LogP contribution in [-0.4, -0.2) is 62.9 Å². The molecule has 1 aliphatic rings. The lowest BCUT2D eigenvalue weighted by atomic mass is 10.2. The third-order valence-electron chi connectivity index (χ3n) is 2.90. The lowest BCUT2D eigenvalue weighted by Gasteiger charge is -2.16. The van der Waals surface area contributed by atoms with Gasteiger partial charge in [-0.1, -0.05) is 0 Å². The van der Waals surface area contributed by atoms with E-state index in [-0.39, 0.29) is 12.2 Å². The Bertz CT molecular complexity index is 197. The fourth-order valence-corrected chi connectivity index (χ4v) is 1.97. The van der Waals surface area contributed by atoms with Gasteiger partial charge in [0.1, 0.15) is 0 Å². The predicted octanol–water partition coefficient (Wildman–Crippen LogP) is 0.558. The fraction of sp³-hybridized carbons (Fsp3) is 1.00. The van der Waals surface area contributed by atoms with Crippen LogP contribution in [0.5, 0.6) is 0 Å². The minimum absolute atomic E-state index is 0.176. The van der Waals surface area contributed by atoms with E-state index >= 15 is 0 Å². The summed E-state index contributed by atoms with van der Waals surface area (Å²) in [4.78, 5) is 0. The second-order valence-electron chi connectivity index (χ2n) is 4.75. The average molecular weight is 261 g/mol. The van der Waals surface area contributed by atoms with E-state index in [1.165, 1.54) is 0 Å². The molecule has 1 fully saturated rings. The van der Waals surface area contributed by atoms with Crippen molar-refractivity contribution >= 4 is 0 Å². The molecule has 0 bridgehead atoms. The summed E-state index contributed by atoms with van der Waals surface area (Å²) in [5.74, 6) is 0. The van der Waals surface area contributed by atoms with Crippen LogP contribution in [0.15, 0.2) is 0 Å². The van der Waals surface area contributed by atoms with Crippen LogP contribution in [0, 0.1) is 0 Å². The number of rotatable bonds is 10. The van der Waals surface area contributed by atoms with Gasteiger partial charge in [-0.2, -0.15) is 0 Å². The summed E-state index contributed by atoms with van der Waals surface area (Å²) in [6.07, 6.45) is 2.12. The third-order valence-corrected chi connectivity index (χ3v) is 2.90. The summed E-state index contributed by atoms with van der Waals surface area (Å²) in [6.45, 7) is 7.77. The number of aliphatic hydroxyl groups is 1. The van der Waals surface area contributed by atoms with E-state index < -0.39 is 6.10 Å². The lowest BCUT2D eigenvalue weighted by molar-refractivity contribution is -0.0172. The SMILES string of the molecule is CCOC(C)CNCC(O)COCC1CCCO1. The van der Waals surface area contributed by atoms with E-state index in [4.69, 9.17) is 14.2 Å². The van der Waals surface area contributed by atoms with Gasteiger partial charge in [-0.15, -0.1) is 0 Å². The molecule has 108 valence electrons. The first-order valence-corrected chi connectivity index (χ1v) is 6.92. The Morgan fingerprint density at radius 3 is 2.94 bits per heavy atom. The van der Waals surface area contributed by atoms with Crippen LogP contribution in [0.4, 0.5) is 0 Å². The van der Waals surface area contributed by atoms with Gasteiger partial charge in [0, 0.05) is 26.3 Å². The van der Waals surface area contributed by atoms with Crippen molar-refractivity contribution in [1.29, 1.82) is 0 Å². The Morgan fingerprint density at radius 1 is 1.44 bits per heavy atom. The van der Waals surface area contributed by atoms with Crippen molar-refractivity contribution in [2.45, 2.75) is 45.0 Å². The molecule has 1 rings (SSSR count). The highest BCUT2D eigenvalue weighted by atomic mass is 16.5. The first kappa shape index (κ1) is 15.9. The summed E-state index contributed by atoms with van der Waals surface area (Å²) in [7, 11) is 0. The van der Waals surface area contributed by atoms with Crippen molar-refractivity contribution in [1.82, 2.24) is 5.32 Å². The van der Waals surface area contributed by atoms with Gasteiger partial charge in [-0.3, -0.25) is 0 Å². The van der Waals surface area contributed by atoms with Crippen LogP contribution in [0.1, 0.15) is 26.7 Å². The van der Waals surface area contributed by atoms with Crippen LogP contribution >= 0.6 is 0 Å². The summed E-state index contributed by atoms with van der Waals surface area (Å²) in [5.41, 5.74) is 0. The van der Waals surface area contributed by atoms with Gasteiger partial charge in [0.2, 0.25) is 0 Å². The molecule has 0 aromatic carbocycles. The molecule has 1 saturated heterocycles. The summed E-state index contributed by atoms with van der Waals surface area (Å²) < 4.78 is 16.3. The maximum Gasteiger partial charge on any atom is 0.0897 e. The van der Waals surface area contributed by atoms with E-state index in [1.54, 1.807) is 0 Å². The smallest absolute Gasteiger partial charge is 0.0897 e. The van der Waals surface area contributed by atoms with Crippen molar-refractivity contribution < 1.29 is 19.3 Å². The van der Waals surface area contributed by atoms with E-state index in [0.29, 0.717) is 19.8 Å². The number of hydrogen-bond donors (Lipinski definition) is 2. The summed E-state index contributed by atoms with van der Waals surface area (Å²) in [6, 6.07) is 0. The predicted molar refractivity (Wildman–Crippen MR) is 69.8 cm³/mol. The zero-order chi connectivity index (χ0) is 13.2. The van der Waals surface area contributed by atoms with E-state index in [0.717, 1.165) is 32.6 Å². The zero-order valence-electron chi connectivity index (χ0n) is 11.6. The number of hydrogen-bond acceptors (Lipinski definition) is 5. The second kappa shape index (κ2) is 9.69. The van der Waals surface area contributed by atoms with Gasteiger partial charge in [0.15, 0.2) is 0 Å². The maximum atomic E-state index is 9.70. The molecule has 3 unspecified atom stereocenters. The summed E-state index contributed by atoms with van der Waals surface area (Å²) >= 11 is 0. The van der Waals surface area contributed by atoms with E-state index in [1.807, 2.05) is 13.8 Å². The van der Waals surface area contributed by atoms with Crippen LogP contribution < -0.4 is 5.32 Å². The van der Waals surface area contributed by atoms with Gasteiger partial charge in [-0.05, 0) is 26.7 Å². The molecular formula is C13H27NO4. The molecule has 18 heavy (non-hydrogen) atoms. The van der Waals surface area contributed by atoms with Gasteiger partial charge < -0.3 is 24.6 Å². The molecule has 5 nitrogen and oxygen atoms in total. The van der Waals surface area contributed by atoms with Crippen molar-refractivity contribution in [3.63, 3.8) is 0 Å². The largest absolute Gasteiger partial charge is 0.389 e. The third kappa shape index (κ3) is 7.28. The molecule has 1 heterocycles. The molecular weight excluding hydrogens is 234 g/mol. The maximum absolute atomic E-state index is 9.70. The van der Waals surface area contributed by atoms with E-state index in [9.17, 15) is 5.11 Å². The molecule has 5 heteroatoms. The standard InChI is InChI=1S/C13H27NO4/c1-3-17-11(2)7-14-8-12(15)9-16-10-13-5-4-6-18-13/h11-15H,3-10H2,1-2H3. The molecule has 0 aliphatic carbocycles. The lowest BCUT2D eigenvalue weighted by Crippen LogP contribution is -2.35. The van der Waals surface area contributed by atoms with Gasteiger partial charge in [-0.25, -0.2) is 0 Å². The van der Waals surface area contributed by atoms with Crippen molar-refractivity contribution in [3.05, 3.63) is 0 Å². The van der Waals surface area contributed by atoms with Crippen LogP contribution in [0.3, 0.4) is 0 Å². The molecule has 1 aliphatic heterocycles. The van der Waals surface area contributed by atoms with Crippen LogP contribution in [0.2, 0.25) is 0 Å². The molecule has 0 saturated carbocycles. The first-order chi connectivity index (χ1) is 8.72. The Morgan fingerprint density at radius 2 is 2.28 bits per heavy atom. The Labute approximate surface area is 110 Å². The fourth-order valence-electron chi connectivity index (χ4n) is 1.97. The Hall–Kier alpha value is -0.200. The highest BCUT2D eigenvalue weighted by Crippen LogP contribution is 2.11. The quantitative estimate of drug-likeness (QED) is 0.602. The minimum Gasteiger partial charge on any atom is -0.389 e. The van der Waals surface area contributed by atoms with Crippen molar-refractivity contribution in [2.24, 2.45) is 0 Å². The molecule has 0 aromatic rings. The van der Waals surface area contributed by atoms with Gasteiger partial charge >= 0.3 is 0 Å². The molecule has 0 amide bonds. The van der Waals surface area contributed by atoms with Crippen LogP contribution in [0.25, 0.3) is 0 Å².